The van der Waals surface area contributed by atoms with E-state index in [1.807, 2.05) is 0 Å². The number of anilines is 2. The average molecular weight is 860 g/mol. The third-order valence-corrected chi connectivity index (χ3v) is 10.3. The largest absolute Gasteiger partial charge is 0.210 e. The van der Waals surface area contributed by atoms with Crippen LogP contribution in [0.2, 0.25) is 60.3 Å². The topological polar surface area (TPSA) is 37.2 Å². The predicted octanol–water partition coefficient (Wildman–Crippen LogP) is 14.0. The van der Waals surface area contributed by atoms with Crippen LogP contribution in [0.3, 0.4) is 0 Å². The molecule has 4 aromatic rings. The molecule has 238 valence electrons. The summed E-state index contributed by atoms with van der Waals surface area (Å²) in [7, 11) is 0. The molecule has 0 saturated heterocycles. The lowest BCUT2D eigenvalue weighted by molar-refractivity contribution is -0.505. The van der Waals surface area contributed by atoms with Gasteiger partial charge in [0.05, 0.1) is 50.6 Å². The highest BCUT2D eigenvalue weighted by Gasteiger charge is 2.55. The monoisotopic (exact) mass is 854 g/mol. The molecule has 0 unspecified atom stereocenters. The van der Waals surface area contributed by atoms with E-state index in [0.29, 0.717) is 42.8 Å². The fourth-order valence-electron chi connectivity index (χ4n) is 5.28. The molecule has 0 radical (unpaired) electrons. The summed E-state index contributed by atoms with van der Waals surface area (Å²) in [5.41, 5.74) is 1.56. The highest BCUT2D eigenvalue weighted by molar-refractivity contribution is 6.44. The summed E-state index contributed by atoms with van der Waals surface area (Å²) >= 11 is 78.6. The summed E-state index contributed by atoms with van der Waals surface area (Å²) in [4.78, 5) is 0. The first kappa shape index (κ1) is 35.0. The number of hydrogen-bond donors (Lipinski definition) is 0. The Bertz CT molecular complexity index is 1750. The van der Waals surface area contributed by atoms with Crippen molar-refractivity contribution in [1.82, 2.24) is 0 Å². The Hall–Kier alpha value is -0.840. The summed E-state index contributed by atoms with van der Waals surface area (Å²) in [6.07, 6.45) is 0. The molecule has 6 rings (SSSR count). The molecular weight excluding hydrogens is 846 g/mol. The highest BCUT2D eigenvalue weighted by Crippen LogP contribution is 2.47. The van der Waals surface area contributed by atoms with Crippen molar-refractivity contribution >= 4 is 162 Å². The Morgan fingerprint density at radius 3 is 0.913 bits per heavy atom. The second-order valence-electron chi connectivity index (χ2n) is 10.0. The van der Waals surface area contributed by atoms with Crippen LogP contribution < -0.4 is 10.0 Å². The normalized spacial score (nSPS) is 18.0. The van der Waals surface area contributed by atoms with Crippen LogP contribution in [0, 0.1) is 0 Å². The second kappa shape index (κ2) is 13.8. The quantitative estimate of drug-likeness (QED) is 0.188. The van der Waals surface area contributed by atoms with E-state index in [1.54, 1.807) is 67.9 Å². The first-order valence-corrected chi connectivity index (χ1v) is 17.4. The minimum absolute atomic E-state index is 0.200. The Labute approximate surface area is 322 Å². The van der Waals surface area contributed by atoms with Crippen LogP contribution in [0.1, 0.15) is 0 Å². The van der Waals surface area contributed by atoms with Crippen molar-refractivity contribution in [3.63, 3.8) is 0 Å². The van der Waals surface area contributed by atoms with Crippen molar-refractivity contribution in [2.75, 3.05) is 23.1 Å². The van der Waals surface area contributed by atoms with Crippen molar-refractivity contribution in [2.45, 2.75) is 12.1 Å². The van der Waals surface area contributed by atoms with Crippen LogP contribution in [0.5, 0.6) is 0 Å². The molecule has 2 aliphatic heterocycles. The van der Waals surface area contributed by atoms with Crippen LogP contribution in [0.4, 0.5) is 22.7 Å². The lowest BCUT2D eigenvalue weighted by Crippen LogP contribution is -2.49. The molecule has 0 saturated carbocycles. The van der Waals surface area contributed by atoms with Gasteiger partial charge in [-0.3, -0.25) is 0 Å². The van der Waals surface area contributed by atoms with E-state index in [-0.39, 0.29) is 53.3 Å². The predicted molar refractivity (Wildman–Crippen MR) is 193 cm³/mol. The van der Waals surface area contributed by atoms with Crippen molar-refractivity contribution in [3.8, 4) is 0 Å². The molecule has 0 aromatic heterocycles. The number of halogens is 12. The van der Waals surface area contributed by atoms with Gasteiger partial charge in [-0.25, -0.2) is 0 Å². The third kappa shape index (κ3) is 6.68. The second-order valence-corrected chi connectivity index (χ2v) is 15.0. The van der Waals surface area contributed by atoms with Gasteiger partial charge >= 0.3 is 0 Å². The Balaban J connectivity index is 1.55. The molecule has 0 aliphatic carbocycles. The molecule has 4 aromatic carbocycles. The van der Waals surface area contributed by atoms with Crippen LogP contribution >= 0.6 is 139 Å². The van der Waals surface area contributed by atoms with Crippen molar-refractivity contribution in [1.29, 1.82) is 0 Å². The zero-order valence-electron chi connectivity index (χ0n) is 22.4. The van der Waals surface area contributed by atoms with E-state index in [2.05, 4.69) is 0 Å². The van der Waals surface area contributed by atoms with Gasteiger partial charge in [0.15, 0.2) is 35.8 Å². The summed E-state index contributed by atoms with van der Waals surface area (Å²) in [6, 6.07) is 11.3. The van der Waals surface area contributed by atoms with E-state index >= 15 is 0 Å². The van der Waals surface area contributed by atoms with Gasteiger partial charge in [0.2, 0.25) is 12.1 Å². The summed E-state index contributed by atoms with van der Waals surface area (Å²) in [6.45, 7) is 0.400. The fourth-order valence-corrected chi connectivity index (χ4v) is 9.28. The molecule has 0 spiro atoms. The van der Waals surface area contributed by atoms with E-state index in [9.17, 15) is 0 Å². The van der Waals surface area contributed by atoms with Crippen LogP contribution in [-0.2, 0) is 0 Å². The SMILES string of the molecule is Clc1cc(Cl)c(N2N=[N+](c3c(Cl)cc(Cl)cc3Cl)C[C@@H]2[C@@H]2C[N+](c3c(Cl)cc(Cl)cc3Cl)=NN2c2c(Cl)cc(Cl)cc2Cl)c(Cl)c1. The number of rotatable bonds is 5. The van der Waals surface area contributed by atoms with Gasteiger partial charge < -0.3 is 0 Å². The standard InChI is InChI=1S/C28H14Cl12N6/c29-11-1-15(33)25(16(34)2-11)43-9-23(45(41-43)27-19(37)5-13(31)6-20(27)38)24-10-44(26-17(35)3-12(30)4-18(26)36)42-46(24)28-21(39)7-14(32)8-22(28)40/h1-8,23-24H,9-10H2/q+2/t23-,24+. The molecule has 46 heavy (non-hydrogen) atoms. The zero-order valence-corrected chi connectivity index (χ0v) is 31.5. The average Bonchev–Trinajstić information content (AvgIpc) is 3.51. The molecule has 6 nitrogen and oxygen atoms in total. The van der Waals surface area contributed by atoms with E-state index < -0.39 is 12.1 Å². The van der Waals surface area contributed by atoms with Crippen molar-refractivity contribution in [2.24, 2.45) is 10.4 Å². The van der Waals surface area contributed by atoms with E-state index in [0.717, 1.165) is 0 Å². The Morgan fingerprint density at radius 2 is 0.652 bits per heavy atom. The van der Waals surface area contributed by atoms with Crippen LogP contribution in [0.25, 0.3) is 0 Å². The van der Waals surface area contributed by atoms with Crippen molar-refractivity contribution in [3.05, 3.63) is 109 Å². The molecule has 2 aliphatic rings. The first-order valence-electron chi connectivity index (χ1n) is 12.9. The molecule has 2 atom stereocenters. The first-order chi connectivity index (χ1) is 21.7. The van der Waals surface area contributed by atoms with Gasteiger partial charge in [0.1, 0.15) is 0 Å². The van der Waals surface area contributed by atoms with Crippen molar-refractivity contribution < 1.29 is 9.39 Å². The molecule has 18 heteroatoms. The fraction of sp³-hybridized carbons (Fsp3) is 0.143. The molecule has 0 fully saturated rings. The van der Waals surface area contributed by atoms with E-state index in [1.165, 1.54) is 0 Å². The van der Waals surface area contributed by atoms with Crippen LogP contribution in [-0.4, -0.2) is 34.6 Å². The Morgan fingerprint density at radius 1 is 0.413 bits per heavy atom. The number of benzene rings is 4. The zero-order chi connectivity index (χ0) is 33.2. The maximum atomic E-state index is 6.76. The Kier molecular flexibility index (Phi) is 10.5. The minimum Gasteiger partial charge on any atom is -0.126 e. The number of hydrogen-bond acceptors (Lipinski definition) is 4. The third-order valence-electron chi connectivity index (χ3n) is 7.10. The lowest BCUT2D eigenvalue weighted by atomic mass is 10.0. The minimum atomic E-state index is -0.583. The molecular formula is C28H14Cl12N6+2. The van der Waals surface area contributed by atoms with Gasteiger partial charge in [0, 0.05) is 20.1 Å². The smallest absolute Gasteiger partial charge is 0.126 e. The van der Waals surface area contributed by atoms with Gasteiger partial charge in [0.25, 0.3) is 0 Å². The molecule has 2 heterocycles. The van der Waals surface area contributed by atoms with Gasteiger partial charge in [-0.2, -0.15) is 0 Å². The number of nitrogens with zero attached hydrogens (tertiary/aromatic N) is 6. The summed E-state index contributed by atoms with van der Waals surface area (Å²) in [5.74, 6) is 0. The van der Waals surface area contributed by atoms with Gasteiger partial charge in [-0.15, -0.1) is 19.4 Å². The maximum Gasteiger partial charge on any atom is 0.210 e. The molecule has 0 N–H and O–H groups in total. The lowest BCUT2D eigenvalue weighted by Gasteiger charge is -2.23. The van der Waals surface area contributed by atoms with Gasteiger partial charge in [-0.05, 0) is 48.5 Å². The highest BCUT2D eigenvalue weighted by atomic mass is 35.5. The molecule has 0 amide bonds. The summed E-state index contributed by atoms with van der Waals surface area (Å²) < 4.78 is 3.25. The maximum absolute atomic E-state index is 6.76. The van der Waals surface area contributed by atoms with Crippen LogP contribution in [0.15, 0.2) is 59.0 Å². The van der Waals surface area contributed by atoms with E-state index in [4.69, 9.17) is 150 Å². The summed E-state index contributed by atoms with van der Waals surface area (Å²) in [5, 5.41) is 16.5. The molecule has 0 bridgehead atoms. The van der Waals surface area contributed by atoms with Gasteiger partial charge in [-0.1, -0.05) is 139 Å².